The maximum absolute atomic E-state index is 12.6. The minimum atomic E-state index is -0.0383. The van der Waals surface area contributed by atoms with E-state index in [0.29, 0.717) is 17.8 Å². The second-order valence-corrected chi connectivity index (χ2v) is 5.02. The van der Waals surface area contributed by atoms with Gasteiger partial charge in [0.05, 0.1) is 5.56 Å². The van der Waals surface area contributed by atoms with Gasteiger partial charge in [0, 0.05) is 48.8 Å². The largest absolute Gasteiger partial charge is 0.399 e. The number of nitrogens with zero attached hydrogens (tertiary/aromatic N) is 2. The highest BCUT2D eigenvalue weighted by molar-refractivity contribution is 6.07. The lowest BCUT2D eigenvalue weighted by Gasteiger charge is -2.16. The second kappa shape index (κ2) is 5.28. The predicted octanol–water partition coefficient (Wildman–Crippen LogP) is 2.42. The molecule has 5 heteroatoms. The van der Waals surface area contributed by atoms with Crippen LogP contribution in [0.15, 0.2) is 48.9 Å². The van der Waals surface area contributed by atoms with Crippen LogP contribution in [0.2, 0.25) is 0 Å². The summed E-state index contributed by atoms with van der Waals surface area (Å²) in [5.74, 6) is -0.0383. The molecule has 0 bridgehead atoms. The van der Waals surface area contributed by atoms with Crippen molar-refractivity contribution in [1.82, 2.24) is 14.9 Å². The third kappa shape index (κ3) is 2.58. The first-order chi connectivity index (χ1) is 10.1. The Hall–Kier alpha value is -2.82. The van der Waals surface area contributed by atoms with Gasteiger partial charge in [0.25, 0.3) is 5.91 Å². The fourth-order valence-corrected chi connectivity index (χ4v) is 2.35. The van der Waals surface area contributed by atoms with Gasteiger partial charge in [0.15, 0.2) is 0 Å². The van der Waals surface area contributed by atoms with Crippen molar-refractivity contribution in [2.45, 2.75) is 6.54 Å². The first-order valence-electron chi connectivity index (χ1n) is 6.66. The molecule has 1 aromatic carbocycles. The number of carbonyl (C=O) groups is 1. The van der Waals surface area contributed by atoms with E-state index in [9.17, 15) is 4.79 Å². The molecule has 3 rings (SSSR count). The Morgan fingerprint density at radius 2 is 2.05 bits per heavy atom. The maximum Gasteiger partial charge on any atom is 0.256 e. The molecule has 2 aromatic heterocycles. The summed E-state index contributed by atoms with van der Waals surface area (Å²) in [5, 5.41) is 0.849. The number of aromatic amines is 1. The molecule has 0 unspecified atom stereocenters. The molecular weight excluding hydrogens is 264 g/mol. The summed E-state index contributed by atoms with van der Waals surface area (Å²) in [4.78, 5) is 21.3. The standard InChI is InChI=1S/C16H16N4O/c1-20(10-11-4-6-18-7-5-11)16(21)14-9-19-15-3-2-12(17)8-13(14)15/h2-9,19H,10,17H2,1H3. The monoisotopic (exact) mass is 280 g/mol. The third-order valence-electron chi connectivity index (χ3n) is 3.45. The van der Waals surface area contributed by atoms with Crippen molar-refractivity contribution in [3.8, 4) is 0 Å². The van der Waals surface area contributed by atoms with Crippen LogP contribution < -0.4 is 5.73 Å². The predicted molar refractivity (Wildman–Crippen MR) is 82.7 cm³/mol. The van der Waals surface area contributed by atoms with Crippen molar-refractivity contribution >= 4 is 22.5 Å². The highest BCUT2D eigenvalue weighted by Gasteiger charge is 2.16. The lowest BCUT2D eigenvalue weighted by Crippen LogP contribution is -2.26. The molecule has 0 atom stereocenters. The van der Waals surface area contributed by atoms with Crippen LogP contribution in [0.4, 0.5) is 5.69 Å². The Kier molecular flexibility index (Phi) is 3.31. The quantitative estimate of drug-likeness (QED) is 0.723. The normalized spacial score (nSPS) is 10.7. The molecule has 3 N–H and O–H groups in total. The lowest BCUT2D eigenvalue weighted by atomic mass is 10.1. The van der Waals surface area contributed by atoms with Crippen LogP contribution in [0.1, 0.15) is 15.9 Å². The molecule has 106 valence electrons. The number of benzene rings is 1. The number of aromatic nitrogens is 2. The van der Waals surface area contributed by atoms with E-state index in [1.54, 1.807) is 30.5 Å². The van der Waals surface area contributed by atoms with Crippen LogP contribution >= 0.6 is 0 Å². The smallest absolute Gasteiger partial charge is 0.256 e. The summed E-state index contributed by atoms with van der Waals surface area (Å²) in [6.45, 7) is 0.538. The molecule has 0 aliphatic heterocycles. The van der Waals surface area contributed by atoms with Crippen molar-refractivity contribution in [3.63, 3.8) is 0 Å². The van der Waals surface area contributed by atoms with Crippen LogP contribution in [0, 0.1) is 0 Å². The van der Waals surface area contributed by atoms with E-state index in [4.69, 9.17) is 5.73 Å². The maximum atomic E-state index is 12.6. The Morgan fingerprint density at radius 1 is 1.29 bits per heavy atom. The number of fused-ring (bicyclic) bond motifs is 1. The zero-order valence-corrected chi connectivity index (χ0v) is 11.7. The number of amides is 1. The molecule has 0 saturated heterocycles. The number of anilines is 1. The molecule has 0 spiro atoms. The Bertz CT molecular complexity index is 779. The summed E-state index contributed by atoms with van der Waals surface area (Å²) in [6.07, 6.45) is 5.18. The molecule has 0 radical (unpaired) electrons. The summed E-state index contributed by atoms with van der Waals surface area (Å²) in [7, 11) is 1.79. The van der Waals surface area contributed by atoms with Gasteiger partial charge in [0.2, 0.25) is 0 Å². The highest BCUT2D eigenvalue weighted by Crippen LogP contribution is 2.22. The molecule has 5 nitrogen and oxygen atoms in total. The minimum absolute atomic E-state index is 0.0383. The average molecular weight is 280 g/mol. The Labute approximate surface area is 122 Å². The van der Waals surface area contributed by atoms with Crippen LogP contribution in [0.3, 0.4) is 0 Å². The fraction of sp³-hybridized carbons (Fsp3) is 0.125. The second-order valence-electron chi connectivity index (χ2n) is 5.02. The minimum Gasteiger partial charge on any atom is -0.399 e. The van der Waals surface area contributed by atoms with Gasteiger partial charge in [-0.2, -0.15) is 0 Å². The molecule has 0 fully saturated rings. The van der Waals surface area contributed by atoms with Gasteiger partial charge in [-0.25, -0.2) is 0 Å². The van der Waals surface area contributed by atoms with Crippen molar-refractivity contribution in [2.75, 3.05) is 12.8 Å². The van der Waals surface area contributed by atoms with Crippen LogP contribution in [0.25, 0.3) is 10.9 Å². The molecule has 0 aliphatic carbocycles. The van der Waals surface area contributed by atoms with Gasteiger partial charge in [-0.1, -0.05) is 0 Å². The van der Waals surface area contributed by atoms with E-state index < -0.39 is 0 Å². The van der Waals surface area contributed by atoms with E-state index in [1.807, 2.05) is 30.3 Å². The zero-order valence-electron chi connectivity index (χ0n) is 11.7. The van der Waals surface area contributed by atoms with Crippen LogP contribution in [0.5, 0.6) is 0 Å². The van der Waals surface area contributed by atoms with E-state index in [1.165, 1.54) is 0 Å². The van der Waals surface area contributed by atoms with Gasteiger partial charge in [-0.05, 0) is 35.9 Å². The number of pyridine rings is 1. The van der Waals surface area contributed by atoms with E-state index >= 15 is 0 Å². The van der Waals surface area contributed by atoms with Gasteiger partial charge in [-0.15, -0.1) is 0 Å². The Balaban J connectivity index is 1.88. The van der Waals surface area contributed by atoms with E-state index in [0.717, 1.165) is 16.5 Å². The molecule has 21 heavy (non-hydrogen) atoms. The zero-order chi connectivity index (χ0) is 14.8. The van der Waals surface area contributed by atoms with Crippen LogP contribution in [-0.4, -0.2) is 27.8 Å². The number of nitrogens with one attached hydrogen (secondary N) is 1. The fourth-order valence-electron chi connectivity index (χ4n) is 2.35. The number of carbonyl (C=O) groups excluding carboxylic acids is 1. The SMILES string of the molecule is CN(Cc1ccncc1)C(=O)c1c[nH]c2ccc(N)cc12. The molecule has 0 saturated carbocycles. The van der Waals surface area contributed by atoms with Crippen molar-refractivity contribution in [3.05, 3.63) is 60.0 Å². The van der Waals surface area contributed by atoms with Gasteiger partial charge in [0.1, 0.15) is 0 Å². The molecule has 1 amide bonds. The third-order valence-corrected chi connectivity index (χ3v) is 3.45. The van der Waals surface area contributed by atoms with Gasteiger partial charge in [-0.3, -0.25) is 9.78 Å². The summed E-state index contributed by atoms with van der Waals surface area (Å²) in [5.41, 5.74) is 9.03. The number of hydrogen-bond donors (Lipinski definition) is 2. The number of nitrogen functional groups attached to an aromatic ring is 1. The summed E-state index contributed by atoms with van der Waals surface area (Å²) >= 11 is 0. The van der Waals surface area contributed by atoms with Crippen molar-refractivity contribution < 1.29 is 4.79 Å². The number of rotatable bonds is 3. The molecular formula is C16H16N4O. The molecule has 2 heterocycles. The summed E-state index contributed by atoms with van der Waals surface area (Å²) < 4.78 is 0. The molecule has 0 aliphatic rings. The van der Waals surface area contributed by atoms with Crippen molar-refractivity contribution in [2.24, 2.45) is 0 Å². The number of hydrogen-bond acceptors (Lipinski definition) is 3. The highest BCUT2D eigenvalue weighted by atomic mass is 16.2. The average Bonchev–Trinajstić information content (AvgIpc) is 2.90. The van der Waals surface area contributed by atoms with E-state index in [-0.39, 0.29) is 5.91 Å². The number of H-pyrrole nitrogens is 1. The van der Waals surface area contributed by atoms with E-state index in [2.05, 4.69) is 9.97 Å². The Morgan fingerprint density at radius 3 is 2.81 bits per heavy atom. The van der Waals surface area contributed by atoms with Crippen molar-refractivity contribution in [1.29, 1.82) is 0 Å². The van der Waals surface area contributed by atoms with Crippen LogP contribution in [-0.2, 0) is 6.54 Å². The van der Waals surface area contributed by atoms with Gasteiger partial charge < -0.3 is 15.6 Å². The molecule has 3 aromatic rings. The first-order valence-corrected chi connectivity index (χ1v) is 6.66. The van der Waals surface area contributed by atoms with Gasteiger partial charge >= 0.3 is 0 Å². The topological polar surface area (TPSA) is 75.0 Å². The first kappa shape index (κ1) is 13.2. The summed E-state index contributed by atoms with van der Waals surface area (Å²) in [6, 6.07) is 9.31. The lowest BCUT2D eigenvalue weighted by molar-refractivity contribution is 0.0787. The number of nitrogens with two attached hydrogens (primary N) is 1.